The zero-order valence-corrected chi connectivity index (χ0v) is 15.4. The first kappa shape index (κ1) is 19.4. The molecular weight excluding hydrogens is 385 g/mol. The second kappa shape index (κ2) is 7.13. The van der Waals surface area contributed by atoms with Crippen molar-refractivity contribution in [2.75, 3.05) is 11.4 Å². The van der Waals surface area contributed by atoms with E-state index in [-0.39, 0.29) is 30.9 Å². The number of rotatable bonds is 3. The van der Waals surface area contributed by atoms with Crippen molar-refractivity contribution < 1.29 is 22.8 Å². The number of nitrogens with one attached hydrogen (secondary N) is 1. The Morgan fingerprint density at radius 3 is 2.69 bits per heavy atom. The summed E-state index contributed by atoms with van der Waals surface area (Å²) in [6.07, 6.45) is 1.65. The van der Waals surface area contributed by atoms with Gasteiger partial charge >= 0.3 is 0 Å². The van der Waals surface area contributed by atoms with Crippen molar-refractivity contribution in [3.8, 4) is 0 Å². The third kappa shape index (κ3) is 3.81. The number of aromatic nitrogens is 2. The molecule has 29 heavy (non-hydrogen) atoms. The molecule has 2 fully saturated rings. The lowest BCUT2D eigenvalue weighted by atomic mass is 9.69. The van der Waals surface area contributed by atoms with Gasteiger partial charge in [-0.2, -0.15) is 0 Å². The standard InChI is InChI=1S/C20H19F3N4O2/c21-13-4-5-16(25-11-13)27-8-6-19(18(27)29)9-14(10-20(22,23)12-19)26-17(28)15-3-1-2-7-24-15/h1-5,7,11,14H,6,8-10,12H2,(H,26,28). The van der Waals surface area contributed by atoms with Gasteiger partial charge in [-0.1, -0.05) is 6.07 Å². The minimum absolute atomic E-state index is 0.109. The molecule has 4 rings (SSSR count). The number of alkyl halides is 2. The molecule has 3 heterocycles. The monoisotopic (exact) mass is 404 g/mol. The van der Waals surface area contributed by atoms with Crippen LogP contribution in [0.5, 0.6) is 0 Å². The van der Waals surface area contributed by atoms with E-state index in [4.69, 9.17) is 0 Å². The zero-order chi connectivity index (χ0) is 20.6. The Kier molecular flexibility index (Phi) is 4.76. The predicted octanol–water partition coefficient (Wildman–Crippen LogP) is 2.96. The van der Waals surface area contributed by atoms with Crippen LogP contribution in [0.3, 0.4) is 0 Å². The maximum atomic E-state index is 14.6. The summed E-state index contributed by atoms with van der Waals surface area (Å²) in [4.78, 5) is 34.6. The van der Waals surface area contributed by atoms with Crippen LogP contribution in [-0.2, 0) is 4.79 Å². The molecule has 1 saturated carbocycles. The summed E-state index contributed by atoms with van der Waals surface area (Å²) < 4.78 is 42.2. The molecule has 1 N–H and O–H groups in total. The van der Waals surface area contributed by atoms with Gasteiger partial charge in [-0.05, 0) is 37.1 Å². The van der Waals surface area contributed by atoms with Gasteiger partial charge in [0.2, 0.25) is 5.91 Å². The summed E-state index contributed by atoms with van der Waals surface area (Å²) >= 11 is 0. The van der Waals surface area contributed by atoms with E-state index in [2.05, 4.69) is 15.3 Å². The molecule has 9 heteroatoms. The van der Waals surface area contributed by atoms with Gasteiger partial charge < -0.3 is 5.32 Å². The molecule has 2 unspecified atom stereocenters. The molecule has 2 aromatic rings. The van der Waals surface area contributed by atoms with Crippen LogP contribution >= 0.6 is 0 Å². The number of halogens is 3. The van der Waals surface area contributed by atoms with E-state index in [1.54, 1.807) is 12.1 Å². The minimum atomic E-state index is -3.10. The number of pyridine rings is 2. The molecule has 2 aliphatic rings. The largest absolute Gasteiger partial charge is 0.348 e. The lowest BCUT2D eigenvalue weighted by Gasteiger charge is -2.40. The number of nitrogens with zero attached hydrogens (tertiary/aromatic N) is 3. The molecular formula is C20H19F3N4O2. The molecule has 2 atom stereocenters. The fourth-order valence-electron chi connectivity index (χ4n) is 4.32. The molecule has 0 radical (unpaired) electrons. The first-order valence-corrected chi connectivity index (χ1v) is 9.31. The highest BCUT2D eigenvalue weighted by Crippen LogP contribution is 2.51. The van der Waals surface area contributed by atoms with Crippen molar-refractivity contribution in [3.63, 3.8) is 0 Å². The summed E-state index contributed by atoms with van der Waals surface area (Å²) in [6, 6.07) is 6.44. The molecule has 0 aromatic carbocycles. The van der Waals surface area contributed by atoms with Gasteiger partial charge in [0.25, 0.3) is 11.8 Å². The van der Waals surface area contributed by atoms with Crippen molar-refractivity contribution in [3.05, 3.63) is 54.2 Å². The van der Waals surface area contributed by atoms with Crippen molar-refractivity contribution in [1.29, 1.82) is 0 Å². The quantitative estimate of drug-likeness (QED) is 0.854. The van der Waals surface area contributed by atoms with Crippen molar-refractivity contribution >= 4 is 17.6 Å². The van der Waals surface area contributed by atoms with Crippen LogP contribution in [0.1, 0.15) is 36.2 Å². The highest BCUT2D eigenvalue weighted by atomic mass is 19.3. The van der Waals surface area contributed by atoms with Crippen LogP contribution in [0, 0.1) is 11.2 Å². The Morgan fingerprint density at radius 1 is 1.17 bits per heavy atom. The fourth-order valence-corrected chi connectivity index (χ4v) is 4.32. The molecule has 1 aliphatic heterocycles. The third-order valence-electron chi connectivity index (χ3n) is 5.51. The average molecular weight is 404 g/mol. The van der Waals surface area contributed by atoms with E-state index in [0.717, 1.165) is 6.20 Å². The Labute approximate surface area is 165 Å². The topological polar surface area (TPSA) is 75.2 Å². The van der Waals surface area contributed by atoms with E-state index in [9.17, 15) is 22.8 Å². The van der Waals surface area contributed by atoms with Crippen LogP contribution in [0.25, 0.3) is 0 Å². The van der Waals surface area contributed by atoms with Gasteiger partial charge in [0.1, 0.15) is 17.3 Å². The summed E-state index contributed by atoms with van der Waals surface area (Å²) in [5.41, 5.74) is -1.16. The van der Waals surface area contributed by atoms with E-state index in [0.29, 0.717) is 0 Å². The normalized spacial score (nSPS) is 26.0. The molecule has 6 nitrogen and oxygen atoms in total. The van der Waals surface area contributed by atoms with E-state index in [1.807, 2.05) is 0 Å². The van der Waals surface area contributed by atoms with Crippen molar-refractivity contribution in [2.24, 2.45) is 5.41 Å². The smallest absolute Gasteiger partial charge is 0.270 e. The van der Waals surface area contributed by atoms with Gasteiger partial charge in [0, 0.05) is 31.6 Å². The van der Waals surface area contributed by atoms with Crippen LogP contribution < -0.4 is 10.2 Å². The number of hydrogen-bond acceptors (Lipinski definition) is 4. The Morgan fingerprint density at radius 2 is 2.00 bits per heavy atom. The molecule has 2 aromatic heterocycles. The van der Waals surface area contributed by atoms with E-state index in [1.165, 1.54) is 29.3 Å². The van der Waals surface area contributed by atoms with Crippen LogP contribution in [0.2, 0.25) is 0 Å². The molecule has 1 spiro atoms. The van der Waals surface area contributed by atoms with Gasteiger partial charge in [0.05, 0.1) is 11.6 Å². The summed E-state index contributed by atoms with van der Waals surface area (Å²) in [5.74, 6) is -4.42. The maximum absolute atomic E-state index is 14.6. The van der Waals surface area contributed by atoms with Gasteiger partial charge in [0.15, 0.2) is 0 Å². The number of carbonyl (C=O) groups is 2. The number of amides is 2. The second-order valence-corrected chi connectivity index (χ2v) is 7.65. The fraction of sp³-hybridized carbons (Fsp3) is 0.400. The van der Waals surface area contributed by atoms with Crippen molar-refractivity contribution in [2.45, 2.75) is 37.6 Å². The Balaban J connectivity index is 1.54. The molecule has 2 amide bonds. The Bertz CT molecular complexity index is 923. The Hall–Kier alpha value is -2.97. The zero-order valence-electron chi connectivity index (χ0n) is 15.4. The summed E-state index contributed by atoms with van der Waals surface area (Å²) in [6.45, 7) is 0.217. The highest BCUT2D eigenvalue weighted by molar-refractivity contribution is 5.99. The van der Waals surface area contributed by atoms with Crippen LogP contribution in [0.15, 0.2) is 42.7 Å². The maximum Gasteiger partial charge on any atom is 0.270 e. The van der Waals surface area contributed by atoms with Crippen LogP contribution in [0.4, 0.5) is 19.0 Å². The molecule has 0 bridgehead atoms. The third-order valence-corrected chi connectivity index (χ3v) is 5.51. The highest BCUT2D eigenvalue weighted by Gasteiger charge is 2.57. The van der Waals surface area contributed by atoms with Gasteiger partial charge in [-0.25, -0.2) is 18.2 Å². The van der Waals surface area contributed by atoms with Gasteiger partial charge in [-0.15, -0.1) is 0 Å². The number of anilines is 1. The summed E-state index contributed by atoms with van der Waals surface area (Å²) in [5, 5.41) is 2.61. The van der Waals surface area contributed by atoms with Crippen molar-refractivity contribution in [1.82, 2.24) is 15.3 Å². The van der Waals surface area contributed by atoms with E-state index < -0.39 is 47.9 Å². The molecule has 1 aliphatic carbocycles. The minimum Gasteiger partial charge on any atom is -0.348 e. The molecule has 152 valence electrons. The lowest BCUT2D eigenvalue weighted by Crippen LogP contribution is -2.52. The second-order valence-electron chi connectivity index (χ2n) is 7.65. The average Bonchev–Trinajstić information content (AvgIpc) is 2.97. The number of carbonyl (C=O) groups excluding carboxylic acids is 2. The predicted molar refractivity (Wildman–Crippen MR) is 97.9 cm³/mol. The number of hydrogen-bond donors (Lipinski definition) is 1. The molecule has 1 saturated heterocycles. The van der Waals surface area contributed by atoms with E-state index >= 15 is 0 Å². The first-order valence-electron chi connectivity index (χ1n) is 9.31. The first-order chi connectivity index (χ1) is 13.8. The lowest BCUT2D eigenvalue weighted by molar-refractivity contribution is -0.140. The van der Waals surface area contributed by atoms with Gasteiger partial charge in [-0.3, -0.25) is 19.5 Å². The SMILES string of the molecule is O=C(NC1CC(F)(F)CC2(CCN(c3ccc(F)cn3)C2=O)C1)c1ccccn1. The van der Waals surface area contributed by atoms with Crippen LogP contribution in [-0.4, -0.2) is 40.3 Å². The summed E-state index contributed by atoms with van der Waals surface area (Å²) in [7, 11) is 0.